The predicted octanol–water partition coefficient (Wildman–Crippen LogP) is 5.96. The minimum atomic E-state index is -0.164. The largest absolute Gasteiger partial charge is 0.466 e. The smallest absolute Gasteiger partial charge is 0.306 e. The first-order valence-corrected chi connectivity index (χ1v) is 11.4. The van der Waals surface area contributed by atoms with Crippen LogP contribution in [-0.4, -0.2) is 17.8 Å². The lowest BCUT2D eigenvalue weighted by molar-refractivity contribution is -0.145. The lowest BCUT2D eigenvalue weighted by Gasteiger charge is -2.39. The molecule has 1 aromatic rings. The molecule has 2 nitrogen and oxygen atoms in total. The van der Waals surface area contributed by atoms with Crippen molar-refractivity contribution in [3.8, 4) is 0 Å². The highest BCUT2D eigenvalue weighted by Gasteiger charge is 2.35. The van der Waals surface area contributed by atoms with E-state index in [2.05, 4.69) is 42.7 Å². The molecule has 1 heterocycles. The van der Waals surface area contributed by atoms with Crippen molar-refractivity contribution >= 4 is 22.9 Å². The number of fused-ring (bicyclic) bond motifs is 1. The van der Waals surface area contributed by atoms with Gasteiger partial charge in [0.1, 0.15) is 0 Å². The van der Waals surface area contributed by atoms with Crippen molar-refractivity contribution in [1.82, 2.24) is 0 Å². The van der Waals surface area contributed by atoms with Crippen LogP contribution in [0.25, 0.3) is 6.08 Å². The Hall–Kier alpha value is -1.22. The number of carbonyl (C=O) groups excluding carboxylic acids is 1. The van der Waals surface area contributed by atoms with Crippen LogP contribution >= 0.6 is 10.9 Å². The molecular weight excluding hydrogens is 328 g/mol. The van der Waals surface area contributed by atoms with Crippen molar-refractivity contribution < 1.29 is 9.53 Å². The first kappa shape index (κ1) is 18.6. The number of benzene rings is 1. The molecule has 1 fully saturated rings. The average molecular weight is 361 g/mol. The molecule has 0 spiro atoms. The van der Waals surface area contributed by atoms with Crippen LogP contribution in [0.5, 0.6) is 0 Å². The summed E-state index contributed by atoms with van der Waals surface area (Å²) in [5.74, 6) is 1.22. The Morgan fingerprint density at radius 2 is 2.04 bits per heavy atom. The second-order valence-electron chi connectivity index (χ2n) is 7.42. The molecule has 0 N–H and O–H groups in total. The summed E-state index contributed by atoms with van der Waals surface area (Å²) < 4.78 is 5.22. The summed E-state index contributed by atoms with van der Waals surface area (Å²) in [4.78, 5) is 13.6. The predicted molar refractivity (Wildman–Crippen MR) is 108 cm³/mol. The summed E-state index contributed by atoms with van der Waals surface area (Å²) in [6, 6.07) is 8.90. The Bertz CT molecular complexity index is 610. The third kappa shape index (κ3) is 4.49. The normalized spacial score (nSPS) is 29.4. The number of hydrogen-bond donors (Lipinski definition) is 1. The minimum absolute atomic E-state index is 0.00395. The number of rotatable bonds is 7. The summed E-state index contributed by atoms with van der Waals surface area (Å²) in [5.41, 5.74) is 1.42. The van der Waals surface area contributed by atoms with Gasteiger partial charge in [-0.2, -0.15) is 0 Å². The lowest BCUT2D eigenvalue weighted by Crippen LogP contribution is -2.30. The molecule has 0 radical (unpaired) electrons. The summed E-state index contributed by atoms with van der Waals surface area (Å²) in [7, 11) is -0.164. The fraction of sp³-hybridized carbons (Fsp3) is 0.591. The molecule has 1 aromatic carbocycles. The lowest BCUT2D eigenvalue weighted by atomic mass is 9.75. The van der Waals surface area contributed by atoms with Gasteiger partial charge in [0.05, 0.1) is 6.61 Å². The highest BCUT2D eigenvalue weighted by atomic mass is 32.2. The van der Waals surface area contributed by atoms with Gasteiger partial charge in [-0.3, -0.25) is 4.79 Å². The molecule has 25 heavy (non-hydrogen) atoms. The van der Waals surface area contributed by atoms with Gasteiger partial charge < -0.3 is 4.74 Å². The van der Waals surface area contributed by atoms with Gasteiger partial charge in [0.25, 0.3) is 0 Å². The zero-order chi connectivity index (χ0) is 17.6. The molecule has 0 aromatic heterocycles. The van der Waals surface area contributed by atoms with Gasteiger partial charge in [-0.25, -0.2) is 10.9 Å². The van der Waals surface area contributed by atoms with Crippen LogP contribution in [0.15, 0.2) is 34.6 Å². The van der Waals surface area contributed by atoms with Crippen molar-refractivity contribution in [1.29, 1.82) is 0 Å². The van der Waals surface area contributed by atoms with Gasteiger partial charge in [-0.05, 0) is 71.3 Å². The minimum Gasteiger partial charge on any atom is -0.466 e. The molecule has 0 saturated heterocycles. The van der Waals surface area contributed by atoms with Gasteiger partial charge >= 0.3 is 5.97 Å². The Morgan fingerprint density at radius 3 is 2.84 bits per heavy atom. The Kier molecular flexibility index (Phi) is 6.63. The molecule has 3 heteroatoms. The van der Waals surface area contributed by atoms with Crippen LogP contribution in [0.1, 0.15) is 64.4 Å². The van der Waals surface area contributed by atoms with Crippen molar-refractivity contribution in [3.05, 3.63) is 35.2 Å². The van der Waals surface area contributed by atoms with Crippen LogP contribution in [0, 0.1) is 11.8 Å². The van der Waals surface area contributed by atoms with E-state index < -0.39 is 0 Å². The number of hydrogen-bond acceptors (Lipinski definition) is 2. The molecular formula is C22H32O2S. The topological polar surface area (TPSA) is 26.3 Å². The third-order valence-electron chi connectivity index (χ3n) is 5.80. The maximum Gasteiger partial charge on any atom is 0.306 e. The number of thiol groups is 1. The summed E-state index contributed by atoms with van der Waals surface area (Å²) in [6.45, 7) is 4.66. The van der Waals surface area contributed by atoms with Crippen LogP contribution in [0.4, 0.5) is 0 Å². The van der Waals surface area contributed by atoms with Crippen LogP contribution in [0.3, 0.4) is 0 Å². The Morgan fingerprint density at radius 1 is 1.20 bits per heavy atom. The number of unbranched alkanes of at least 4 members (excludes halogenated alkanes) is 1. The number of ether oxygens (including phenoxy) is 1. The molecule has 0 bridgehead atoms. The monoisotopic (exact) mass is 360 g/mol. The highest BCUT2D eigenvalue weighted by Crippen LogP contribution is 2.55. The average Bonchev–Trinajstić information content (AvgIpc) is 3.05. The van der Waals surface area contributed by atoms with Crippen LogP contribution in [-0.2, 0) is 9.53 Å². The first-order chi connectivity index (χ1) is 12.2. The molecule has 2 aliphatic rings. The van der Waals surface area contributed by atoms with Crippen molar-refractivity contribution in [3.63, 3.8) is 0 Å². The van der Waals surface area contributed by atoms with Crippen molar-refractivity contribution in [2.24, 2.45) is 11.8 Å². The molecule has 1 aliphatic heterocycles. The molecule has 4 unspecified atom stereocenters. The quantitative estimate of drug-likeness (QED) is 0.480. The van der Waals surface area contributed by atoms with Crippen molar-refractivity contribution in [2.45, 2.75) is 68.9 Å². The molecule has 4 atom stereocenters. The maximum absolute atomic E-state index is 12.0. The van der Waals surface area contributed by atoms with E-state index in [0.29, 0.717) is 24.9 Å². The Labute approximate surface area is 155 Å². The van der Waals surface area contributed by atoms with Gasteiger partial charge in [-0.15, -0.1) is 0 Å². The maximum atomic E-state index is 12.0. The van der Waals surface area contributed by atoms with E-state index in [4.69, 9.17) is 4.74 Å². The van der Waals surface area contributed by atoms with Crippen molar-refractivity contribution in [2.75, 3.05) is 6.61 Å². The van der Waals surface area contributed by atoms with E-state index in [-0.39, 0.29) is 16.9 Å². The van der Waals surface area contributed by atoms with Crippen LogP contribution in [0.2, 0.25) is 0 Å². The van der Waals surface area contributed by atoms with E-state index in [0.717, 1.165) is 5.25 Å². The van der Waals surface area contributed by atoms with Gasteiger partial charge in [-0.1, -0.05) is 44.4 Å². The van der Waals surface area contributed by atoms with Gasteiger partial charge in [0, 0.05) is 6.42 Å². The molecule has 3 rings (SSSR count). The fourth-order valence-corrected chi connectivity index (χ4v) is 7.25. The number of carbonyl (C=O) groups is 1. The SMILES string of the molecule is CCCCC1CC([SH]2C=Cc3ccccc32)CCC1CC(=O)OCC. The summed E-state index contributed by atoms with van der Waals surface area (Å²) in [6.07, 6.45) is 10.5. The molecule has 138 valence electrons. The van der Waals surface area contributed by atoms with E-state index >= 15 is 0 Å². The summed E-state index contributed by atoms with van der Waals surface area (Å²) >= 11 is 0. The zero-order valence-corrected chi connectivity index (χ0v) is 16.5. The van der Waals surface area contributed by atoms with E-state index in [1.165, 1.54) is 44.1 Å². The van der Waals surface area contributed by atoms with Gasteiger partial charge in [0.2, 0.25) is 0 Å². The molecule has 0 amide bonds. The van der Waals surface area contributed by atoms with Gasteiger partial charge in [0.15, 0.2) is 0 Å². The van der Waals surface area contributed by atoms with E-state index in [1.807, 2.05) is 6.92 Å². The van der Waals surface area contributed by atoms with Crippen LogP contribution < -0.4 is 0 Å². The fourth-order valence-electron chi connectivity index (χ4n) is 4.50. The number of esters is 1. The standard InChI is InChI=1S/C22H32O2S/c1-3-5-8-18-15-20(12-11-19(18)16-22(23)24-4-2)25-14-13-17-9-6-7-10-21(17)25/h6-7,9-10,13-14,18-20,25H,3-5,8,11-12,15-16H2,1-2H3. The van der Waals surface area contributed by atoms with E-state index in [1.54, 1.807) is 4.90 Å². The Balaban J connectivity index is 1.67. The van der Waals surface area contributed by atoms with E-state index in [9.17, 15) is 4.79 Å². The second kappa shape index (κ2) is 8.93. The highest BCUT2D eigenvalue weighted by molar-refractivity contribution is 8.20. The summed E-state index contributed by atoms with van der Waals surface area (Å²) in [5, 5.41) is 3.27. The zero-order valence-electron chi connectivity index (χ0n) is 15.6. The first-order valence-electron chi connectivity index (χ1n) is 9.94. The third-order valence-corrected chi connectivity index (χ3v) is 8.49. The second-order valence-corrected chi connectivity index (χ2v) is 9.75. The molecule has 1 aliphatic carbocycles. The molecule has 1 saturated carbocycles.